The standard InChI is InChI=1S/C22H23NO5/c1-16-7-5-10-18(20(16)22(24)25)14-26-11-6-12-27-15-19-13-23-21(28-19)17-8-3-2-4-9-17/h2-5,7-10,13H,6,11-12,14-15H2,1H3,(H,24,25). The second-order valence-electron chi connectivity index (χ2n) is 6.37. The van der Waals surface area contributed by atoms with Crippen LogP contribution in [0.1, 0.15) is 33.7 Å². The Hall–Kier alpha value is -2.96. The van der Waals surface area contributed by atoms with Gasteiger partial charge in [-0.2, -0.15) is 0 Å². The van der Waals surface area contributed by atoms with Gasteiger partial charge in [0.1, 0.15) is 6.61 Å². The molecule has 146 valence electrons. The van der Waals surface area contributed by atoms with Crippen LogP contribution in [0.4, 0.5) is 0 Å². The SMILES string of the molecule is Cc1cccc(COCCCOCc2cnc(-c3ccccc3)o2)c1C(=O)O. The number of aromatic carboxylic acids is 1. The highest BCUT2D eigenvalue weighted by Gasteiger charge is 2.12. The molecule has 1 aromatic heterocycles. The van der Waals surface area contributed by atoms with Gasteiger partial charge in [0.25, 0.3) is 0 Å². The van der Waals surface area contributed by atoms with Crippen LogP contribution < -0.4 is 0 Å². The molecule has 0 saturated carbocycles. The molecule has 0 aliphatic rings. The van der Waals surface area contributed by atoms with E-state index in [1.165, 1.54) is 0 Å². The van der Waals surface area contributed by atoms with Gasteiger partial charge in [0.05, 0.1) is 18.4 Å². The average molecular weight is 381 g/mol. The summed E-state index contributed by atoms with van der Waals surface area (Å²) >= 11 is 0. The van der Waals surface area contributed by atoms with Crippen LogP contribution in [0.2, 0.25) is 0 Å². The lowest BCUT2D eigenvalue weighted by molar-refractivity contribution is 0.0611. The third kappa shape index (κ3) is 5.28. The molecular formula is C22H23NO5. The zero-order chi connectivity index (χ0) is 19.8. The molecule has 3 aromatic rings. The highest BCUT2D eigenvalue weighted by Crippen LogP contribution is 2.19. The molecule has 0 atom stereocenters. The lowest BCUT2D eigenvalue weighted by atomic mass is 10.0. The number of ether oxygens (including phenoxy) is 2. The smallest absolute Gasteiger partial charge is 0.336 e. The lowest BCUT2D eigenvalue weighted by Crippen LogP contribution is -2.08. The molecule has 1 N–H and O–H groups in total. The summed E-state index contributed by atoms with van der Waals surface area (Å²) in [5.74, 6) is 0.322. The lowest BCUT2D eigenvalue weighted by Gasteiger charge is -2.09. The van der Waals surface area contributed by atoms with Gasteiger partial charge >= 0.3 is 5.97 Å². The number of nitrogens with zero attached hydrogens (tertiary/aromatic N) is 1. The van der Waals surface area contributed by atoms with Crippen LogP contribution in [-0.2, 0) is 22.7 Å². The first kappa shape index (κ1) is 19.8. The van der Waals surface area contributed by atoms with Gasteiger partial charge in [-0.25, -0.2) is 9.78 Å². The van der Waals surface area contributed by atoms with Gasteiger partial charge in [0.15, 0.2) is 5.76 Å². The number of aryl methyl sites for hydroxylation is 1. The van der Waals surface area contributed by atoms with E-state index < -0.39 is 5.97 Å². The minimum Gasteiger partial charge on any atom is -0.478 e. The number of hydrogen-bond donors (Lipinski definition) is 1. The number of hydrogen-bond acceptors (Lipinski definition) is 5. The quantitative estimate of drug-likeness (QED) is 0.522. The topological polar surface area (TPSA) is 81.8 Å². The fourth-order valence-corrected chi connectivity index (χ4v) is 2.86. The minimum atomic E-state index is -0.929. The van der Waals surface area contributed by atoms with Gasteiger partial charge in [-0.1, -0.05) is 36.4 Å². The number of carbonyl (C=O) groups is 1. The summed E-state index contributed by atoms with van der Waals surface area (Å²) in [6.45, 7) is 3.40. The van der Waals surface area contributed by atoms with Crippen LogP contribution in [0.5, 0.6) is 0 Å². The highest BCUT2D eigenvalue weighted by molar-refractivity contribution is 5.91. The number of benzene rings is 2. The fraction of sp³-hybridized carbons (Fsp3) is 0.273. The summed E-state index contributed by atoms with van der Waals surface area (Å²) in [5.41, 5.74) is 2.67. The summed E-state index contributed by atoms with van der Waals surface area (Å²) in [5, 5.41) is 9.31. The first-order chi connectivity index (χ1) is 13.6. The van der Waals surface area contributed by atoms with Crippen LogP contribution in [0.3, 0.4) is 0 Å². The normalized spacial score (nSPS) is 10.9. The molecule has 28 heavy (non-hydrogen) atoms. The van der Waals surface area contributed by atoms with Crippen LogP contribution >= 0.6 is 0 Å². The molecule has 0 amide bonds. The molecule has 2 aromatic carbocycles. The maximum atomic E-state index is 11.4. The second-order valence-corrected chi connectivity index (χ2v) is 6.37. The number of rotatable bonds is 10. The van der Waals surface area contributed by atoms with E-state index >= 15 is 0 Å². The summed E-state index contributed by atoms with van der Waals surface area (Å²) in [6, 6.07) is 15.1. The Morgan fingerprint density at radius 3 is 2.54 bits per heavy atom. The third-order valence-electron chi connectivity index (χ3n) is 4.23. The average Bonchev–Trinajstić information content (AvgIpc) is 3.16. The van der Waals surface area contributed by atoms with E-state index in [-0.39, 0.29) is 6.61 Å². The van der Waals surface area contributed by atoms with E-state index in [9.17, 15) is 9.90 Å². The molecule has 6 nitrogen and oxygen atoms in total. The highest BCUT2D eigenvalue weighted by atomic mass is 16.5. The minimum absolute atomic E-state index is 0.270. The largest absolute Gasteiger partial charge is 0.478 e. The van der Waals surface area contributed by atoms with Crippen molar-refractivity contribution in [3.8, 4) is 11.5 Å². The Kier molecular flexibility index (Phi) is 6.94. The van der Waals surface area contributed by atoms with Crippen molar-refractivity contribution >= 4 is 5.97 Å². The van der Waals surface area contributed by atoms with E-state index in [2.05, 4.69) is 4.98 Å². The number of carboxylic acids is 1. The van der Waals surface area contributed by atoms with Crippen molar-refractivity contribution in [3.05, 3.63) is 77.2 Å². The predicted molar refractivity (Wildman–Crippen MR) is 104 cm³/mol. The van der Waals surface area contributed by atoms with Gasteiger partial charge in [-0.3, -0.25) is 0 Å². The summed E-state index contributed by atoms with van der Waals surface area (Å²) in [6.07, 6.45) is 2.37. The monoisotopic (exact) mass is 381 g/mol. The van der Waals surface area contributed by atoms with Crippen LogP contribution in [0.25, 0.3) is 11.5 Å². The summed E-state index contributed by atoms with van der Waals surface area (Å²) < 4.78 is 16.9. The van der Waals surface area contributed by atoms with E-state index in [1.54, 1.807) is 25.3 Å². The summed E-state index contributed by atoms with van der Waals surface area (Å²) in [4.78, 5) is 15.6. The Morgan fingerprint density at radius 1 is 1.04 bits per heavy atom. The third-order valence-corrected chi connectivity index (χ3v) is 4.23. The maximum Gasteiger partial charge on any atom is 0.336 e. The number of carboxylic acid groups (broad SMARTS) is 1. The second kappa shape index (κ2) is 9.82. The Morgan fingerprint density at radius 2 is 1.79 bits per heavy atom. The molecule has 6 heteroatoms. The van der Waals surface area contributed by atoms with Crippen molar-refractivity contribution in [1.29, 1.82) is 0 Å². The molecule has 0 unspecified atom stereocenters. The van der Waals surface area contributed by atoms with Gasteiger partial charge in [-0.15, -0.1) is 0 Å². The van der Waals surface area contributed by atoms with Crippen LogP contribution in [-0.4, -0.2) is 29.3 Å². The molecular weight excluding hydrogens is 358 g/mol. The zero-order valence-electron chi connectivity index (χ0n) is 15.8. The van der Waals surface area contributed by atoms with Crippen LogP contribution in [0, 0.1) is 6.92 Å². The Labute approximate surface area is 163 Å². The molecule has 0 aliphatic carbocycles. The van der Waals surface area contributed by atoms with Gasteiger partial charge in [0.2, 0.25) is 5.89 Å². The molecule has 0 radical (unpaired) electrons. The van der Waals surface area contributed by atoms with Gasteiger partial charge in [0, 0.05) is 18.8 Å². The molecule has 0 spiro atoms. The van der Waals surface area contributed by atoms with Crippen molar-refractivity contribution in [2.75, 3.05) is 13.2 Å². The van der Waals surface area contributed by atoms with E-state index in [0.29, 0.717) is 49.0 Å². The molecule has 3 rings (SSSR count). The van der Waals surface area contributed by atoms with Crippen molar-refractivity contribution in [3.63, 3.8) is 0 Å². The van der Waals surface area contributed by atoms with Crippen molar-refractivity contribution in [2.45, 2.75) is 26.6 Å². The zero-order valence-corrected chi connectivity index (χ0v) is 15.8. The number of oxazole rings is 1. The van der Waals surface area contributed by atoms with E-state index in [1.807, 2.05) is 36.4 Å². The fourth-order valence-electron chi connectivity index (χ4n) is 2.86. The van der Waals surface area contributed by atoms with Crippen molar-refractivity contribution in [2.24, 2.45) is 0 Å². The molecule has 0 aliphatic heterocycles. The molecule has 0 fully saturated rings. The van der Waals surface area contributed by atoms with Crippen molar-refractivity contribution < 1.29 is 23.8 Å². The molecule has 0 bridgehead atoms. The van der Waals surface area contributed by atoms with E-state index in [0.717, 1.165) is 11.1 Å². The Balaban J connectivity index is 1.36. The van der Waals surface area contributed by atoms with Crippen LogP contribution in [0.15, 0.2) is 59.1 Å². The predicted octanol–water partition coefficient (Wildman–Crippen LogP) is 4.47. The first-order valence-corrected chi connectivity index (χ1v) is 9.12. The molecule has 1 heterocycles. The maximum absolute atomic E-state index is 11.4. The molecule has 0 saturated heterocycles. The summed E-state index contributed by atoms with van der Waals surface area (Å²) in [7, 11) is 0. The van der Waals surface area contributed by atoms with E-state index in [4.69, 9.17) is 13.9 Å². The van der Waals surface area contributed by atoms with Gasteiger partial charge in [-0.05, 0) is 36.6 Å². The van der Waals surface area contributed by atoms with Crippen molar-refractivity contribution in [1.82, 2.24) is 4.98 Å². The first-order valence-electron chi connectivity index (χ1n) is 9.12. The van der Waals surface area contributed by atoms with Gasteiger partial charge < -0.3 is 19.0 Å². The number of aromatic nitrogens is 1. The Bertz CT molecular complexity index is 904.